The second kappa shape index (κ2) is 10.5. The smallest absolute Gasteiger partial charge is 0.306 e. The van der Waals surface area contributed by atoms with Gasteiger partial charge in [-0.3, -0.25) is 4.79 Å². The van der Waals surface area contributed by atoms with Gasteiger partial charge in [0.15, 0.2) is 4.33 Å². The number of aliphatic carboxylic acids is 1. The summed E-state index contributed by atoms with van der Waals surface area (Å²) in [7, 11) is 0. The molecule has 0 saturated heterocycles. The summed E-state index contributed by atoms with van der Waals surface area (Å²) in [6, 6.07) is 0. The van der Waals surface area contributed by atoms with E-state index >= 15 is 0 Å². The van der Waals surface area contributed by atoms with Gasteiger partial charge in [0.2, 0.25) is 0 Å². The molecule has 0 bridgehead atoms. The zero-order valence-electron chi connectivity index (χ0n) is 9.30. The molecule has 0 atom stereocenters. The van der Waals surface area contributed by atoms with Crippen LogP contribution in [0, 0.1) is 0 Å². The van der Waals surface area contributed by atoms with Crippen molar-refractivity contribution in [3.05, 3.63) is 0 Å². The molecule has 0 spiro atoms. The standard InChI is InChI=1S/C6H14.C4H6Cl2O3/c1-3-5-6-4-2;5-4(6,2-7)1-3(8)9/h3-6H2,1-2H3;7H,1-2H2,(H,8,9). The Labute approximate surface area is 101 Å². The van der Waals surface area contributed by atoms with Crippen LogP contribution in [0.3, 0.4) is 0 Å². The molecule has 0 aliphatic carbocycles. The van der Waals surface area contributed by atoms with Crippen molar-refractivity contribution in [2.45, 2.75) is 50.3 Å². The highest BCUT2D eigenvalue weighted by Crippen LogP contribution is 2.23. The lowest BCUT2D eigenvalue weighted by atomic mass is 10.2. The average Bonchev–Trinajstić information content (AvgIpc) is 2.14. The van der Waals surface area contributed by atoms with Gasteiger partial charge in [-0.25, -0.2) is 0 Å². The molecular weight excluding hydrogens is 239 g/mol. The molecule has 0 unspecified atom stereocenters. The molecule has 0 aromatic rings. The van der Waals surface area contributed by atoms with Crippen LogP contribution >= 0.6 is 23.2 Å². The number of unbranched alkanes of at least 4 members (excludes halogenated alkanes) is 3. The molecule has 5 heteroatoms. The first-order valence-electron chi connectivity index (χ1n) is 5.10. The molecule has 0 heterocycles. The van der Waals surface area contributed by atoms with E-state index in [0.29, 0.717) is 0 Å². The van der Waals surface area contributed by atoms with E-state index < -0.39 is 23.3 Å². The van der Waals surface area contributed by atoms with Crippen molar-refractivity contribution in [2.24, 2.45) is 0 Å². The summed E-state index contributed by atoms with van der Waals surface area (Å²) < 4.78 is -1.54. The minimum atomic E-state index is -1.54. The molecule has 0 rings (SSSR count). The second-order valence-corrected chi connectivity index (χ2v) is 4.93. The van der Waals surface area contributed by atoms with Gasteiger partial charge in [-0.05, 0) is 0 Å². The Bertz CT molecular complexity index is 157. The van der Waals surface area contributed by atoms with E-state index in [9.17, 15) is 4.79 Å². The molecule has 0 aliphatic rings. The van der Waals surface area contributed by atoms with Crippen LogP contribution < -0.4 is 0 Å². The Morgan fingerprint density at radius 3 is 1.73 bits per heavy atom. The fraction of sp³-hybridized carbons (Fsp3) is 0.900. The highest BCUT2D eigenvalue weighted by atomic mass is 35.5. The summed E-state index contributed by atoms with van der Waals surface area (Å²) in [4.78, 5) is 9.89. The molecule has 0 saturated carbocycles. The number of rotatable bonds is 6. The zero-order chi connectivity index (χ0) is 12.3. The third-order valence-electron chi connectivity index (χ3n) is 1.60. The highest BCUT2D eigenvalue weighted by Gasteiger charge is 2.25. The maximum atomic E-state index is 9.89. The minimum absolute atomic E-state index is 0.452. The Hall–Kier alpha value is 0.01000. The molecule has 0 fully saturated rings. The topological polar surface area (TPSA) is 57.5 Å². The Morgan fingerprint density at radius 1 is 1.20 bits per heavy atom. The number of aliphatic hydroxyl groups is 1. The average molecular weight is 259 g/mol. The normalized spacial score (nSPS) is 10.5. The van der Waals surface area contributed by atoms with Crippen molar-refractivity contribution >= 4 is 29.2 Å². The van der Waals surface area contributed by atoms with E-state index in [0.717, 1.165) is 0 Å². The number of carboxylic acid groups (broad SMARTS) is 1. The summed E-state index contributed by atoms with van der Waals surface area (Å²) in [5.74, 6) is -1.13. The predicted octanol–water partition coefficient (Wildman–Crippen LogP) is 3.21. The monoisotopic (exact) mass is 258 g/mol. The number of carbonyl (C=O) groups is 1. The van der Waals surface area contributed by atoms with Gasteiger partial charge in [-0.15, -0.1) is 0 Å². The molecule has 2 N–H and O–H groups in total. The summed E-state index contributed by atoms with van der Waals surface area (Å²) in [5, 5.41) is 16.4. The minimum Gasteiger partial charge on any atom is -0.481 e. The lowest BCUT2D eigenvalue weighted by molar-refractivity contribution is -0.137. The van der Waals surface area contributed by atoms with Gasteiger partial charge in [0.25, 0.3) is 0 Å². The van der Waals surface area contributed by atoms with Crippen molar-refractivity contribution in [3.8, 4) is 0 Å². The molecule has 3 nitrogen and oxygen atoms in total. The van der Waals surface area contributed by atoms with Gasteiger partial charge in [-0.2, -0.15) is 0 Å². The maximum Gasteiger partial charge on any atom is 0.306 e. The molecule has 0 amide bonds. The van der Waals surface area contributed by atoms with Crippen LogP contribution in [0.15, 0.2) is 0 Å². The number of hydrogen-bond donors (Lipinski definition) is 2. The quantitative estimate of drug-likeness (QED) is 0.568. The molecular formula is C10H20Cl2O3. The second-order valence-electron chi connectivity index (χ2n) is 3.29. The summed E-state index contributed by atoms with van der Waals surface area (Å²) in [6.45, 7) is 3.91. The van der Waals surface area contributed by atoms with Crippen molar-refractivity contribution in [1.82, 2.24) is 0 Å². The Morgan fingerprint density at radius 2 is 1.60 bits per heavy atom. The van der Waals surface area contributed by atoms with Crippen LogP contribution in [0.25, 0.3) is 0 Å². The summed E-state index contributed by atoms with van der Waals surface area (Å²) in [6.07, 6.45) is 5.08. The zero-order valence-corrected chi connectivity index (χ0v) is 10.8. The lowest BCUT2D eigenvalue weighted by Crippen LogP contribution is -2.22. The number of carboxylic acids is 1. The van der Waals surface area contributed by atoms with Gasteiger partial charge < -0.3 is 10.2 Å². The third kappa shape index (κ3) is 16.7. The first kappa shape index (κ1) is 17.4. The lowest BCUT2D eigenvalue weighted by Gasteiger charge is -2.11. The highest BCUT2D eigenvalue weighted by molar-refractivity contribution is 6.49. The summed E-state index contributed by atoms with van der Waals surface area (Å²) >= 11 is 10.5. The Balaban J connectivity index is 0. The van der Waals surface area contributed by atoms with E-state index in [1.165, 1.54) is 25.7 Å². The van der Waals surface area contributed by atoms with E-state index in [-0.39, 0.29) is 0 Å². The molecule has 0 aromatic heterocycles. The van der Waals surface area contributed by atoms with Gasteiger partial charge in [0, 0.05) is 0 Å². The first-order chi connectivity index (χ1) is 6.89. The van der Waals surface area contributed by atoms with E-state index in [2.05, 4.69) is 13.8 Å². The van der Waals surface area contributed by atoms with Crippen LogP contribution in [-0.2, 0) is 4.79 Å². The van der Waals surface area contributed by atoms with Crippen LogP contribution in [0.2, 0.25) is 0 Å². The fourth-order valence-electron chi connectivity index (χ4n) is 0.777. The van der Waals surface area contributed by atoms with Crippen LogP contribution in [0.5, 0.6) is 0 Å². The van der Waals surface area contributed by atoms with Gasteiger partial charge in [-0.1, -0.05) is 62.7 Å². The van der Waals surface area contributed by atoms with Crippen LogP contribution in [0.4, 0.5) is 0 Å². The van der Waals surface area contributed by atoms with Crippen molar-refractivity contribution in [3.63, 3.8) is 0 Å². The molecule has 92 valence electrons. The molecule has 0 aliphatic heterocycles. The van der Waals surface area contributed by atoms with Gasteiger partial charge in [0.05, 0.1) is 13.0 Å². The van der Waals surface area contributed by atoms with Crippen molar-refractivity contribution < 1.29 is 15.0 Å². The number of alkyl halides is 2. The molecule has 0 aromatic carbocycles. The van der Waals surface area contributed by atoms with Crippen molar-refractivity contribution in [1.29, 1.82) is 0 Å². The van der Waals surface area contributed by atoms with Crippen LogP contribution in [-0.4, -0.2) is 27.1 Å². The molecule has 15 heavy (non-hydrogen) atoms. The van der Waals surface area contributed by atoms with E-state index in [4.69, 9.17) is 33.4 Å². The fourth-order valence-corrected chi connectivity index (χ4v) is 1.01. The van der Waals surface area contributed by atoms with E-state index in [1.54, 1.807) is 0 Å². The largest absolute Gasteiger partial charge is 0.481 e. The number of aliphatic hydroxyl groups excluding tert-OH is 1. The third-order valence-corrected chi connectivity index (χ3v) is 2.10. The van der Waals surface area contributed by atoms with Crippen molar-refractivity contribution in [2.75, 3.05) is 6.61 Å². The van der Waals surface area contributed by atoms with Gasteiger partial charge >= 0.3 is 5.97 Å². The Kier molecular flexibility index (Phi) is 12.2. The van der Waals surface area contributed by atoms with Gasteiger partial charge in [0.1, 0.15) is 0 Å². The number of hydrogen-bond acceptors (Lipinski definition) is 2. The maximum absolute atomic E-state index is 9.89. The molecule has 0 radical (unpaired) electrons. The SMILES string of the molecule is CCCCCC.O=C(O)CC(Cl)(Cl)CO. The van der Waals surface area contributed by atoms with E-state index in [1.807, 2.05) is 0 Å². The first-order valence-corrected chi connectivity index (χ1v) is 5.85. The van der Waals surface area contributed by atoms with Crippen LogP contribution in [0.1, 0.15) is 46.0 Å². The summed E-state index contributed by atoms with van der Waals surface area (Å²) in [5.41, 5.74) is 0. The predicted molar refractivity (Wildman–Crippen MR) is 63.6 cm³/mol. The number of halogens is 2.